The number of sulfonamides is 1. The van der Waals surface area contributed by atoms with Gasteiger partial charge in [0.15, 0.2) is 5.96 Å². The van der Waals surface area contributed by atoms with Crippen LogP contribution in [0.25, 0.3) is 0 Å². The molecule has 25 heavy (non-hydrogen) atoms. The molecule has 2 fully saturated rings. The molecule has 7 nitrogen and oxygen atoms in total. The van der Waals surface area contributed by atoms with E-state index < -0.39 is 15.6 Å². The molecule has 2 aliphatic rings. The Hall–Kier alpha value is -0.860. The van der Waals surface area contributed by atoms with Crippen molar-refractivity contribution in [2.24, 2.45) is 10.9 Å². The molecule has 0 bridgehead atoms. The number of rotatable bonds is 7. The summed E-state index contributed by atoms with van der Waals surface area (Å²) >= 11 is 0. The monoisotopic (exact) mass is 373 g/mol. The number of nitrogens with one attached hydrogen (secondary N) is 2. The summed E-state index contributed by atoms with van der Waals surface area (Å²) in [6.45, 7) is 12.7. The van der Waals surface area contributed by atoms with Gasteiger partial charge in [-0.2, -0.15) is 0 Å². The van der Waals surface area contributed by atoms with Gasteiger partial charge in [-0.3, -0.25) is 4.99 Å². The molecule has 146 valence electrons. The summed E-state index contributed by atoms with van der Waals surface area (Å²) in [4.78, 5) is 9.61. The van der Waals surface area contributed by atoms with Gasteiger partial charge in [0.2, 0.25) is 10.0 Å². The highest BCUT2D eigenvalue weighted by atomic mass is 32.2. The molecule has 0 spiro atoms. The smallest absolute Gasteiger partial charge is 0.209 e. The Labute approximate surface area is 153 Å². The second-order valence-corrected chi connectivity index (χ2v) is 9.79. The molecule has 8 heteroatoms. The van der Waals surface area contributed by atoms with Crippen LogP contribution in [0, 0.1) is 5.92 Å². The number of aliphatic imine (C=N–C) groups is 1. The van der Waals surface area contributed by atoms with Gasteiger partial charge in [-0.05, 0) is 59.0 Å². The van der Waals surface area contributed by atoms with E-state index >= 15 is 0 Å². The van der Waals surface area contributed by atoms with Gasteiger partial charge >= 0.3 is 0 Å². The van der Waals surface area contributed by atoms with Crippen LogP contribution in [0.15, 0.2) is 4.99 Å². The highest BCUT2D eigenvalue weighted by Gasteiger charge is 2.28. The summed E-state index contributed by atoms with van der Waals surface area (Å²) in [6.07, 6.45) is 5.06. The van der Waals surface area contributed by atoms with Crippen LogP contribution in [0.1, 0.15) is 40.0 Å². The molecule has 1 atom stereocenters. The van der Waals surface area contributed by atoms with Crippen LogP contribution in [-0.4, -0.2) is 81.8 Å². The lowest BCUT2D eigenvalue weighted by molar-refractivity contribution is 0.281. The molecule has 0 radical (unpaired) electrons. The van der Waals surface area contributed by atoms with Gasteiger partial charge in [0.25, 0.3) is 0 Å². The molecular formula is C17H35N5O2S. The Balaban J connectivity index is 1.92. The molecule has 1 unspecified atom stereocenters. The Bertz CT molecular complexity index is 555. The fourth-order valence-electron chi connectivity index (χ4n) is 3.74. The predicted octanol–water partition coefficient (Wildman–Crippen LogP) is 0.697. The quantitative estimate of drug-likeness (QED) is 0.507. The summed E-state index contributed by atoms with van der Waals surface area (Å²) in [6, 6.07) is 0. The summed E-state index contributed by atoms with van der Waals surface area (Å²) in [5.41, 5.74) is -0.594. The van der Waals surface area contributed by atoms with E-state index in [1.807, 2.05) is 13.8 Å². The van der Waals surface area contributed by atoms with Gasteiger partial charge in [-0.1, -0.05) is 0 Å². The maximum atomic E-state index is 11.5. The van der Waals surface area contributed by atoms with Crippen molar-refractivity contribution in [3.63, 3.8) is 0 Å². The van der Waals surface area contributed by atoms with Crippen molar-refractivity contribution in [2.75, 3.05) is 52.1 Å². The van der Waals surface area contributed by atoms with E-state index in [9.17, 15) is 8.42 Å². The first-order chi connectivity index (χ1) is 11.7. The van der Waals surface area contributed by atoms with Crippen LogP contribution in [0.5, 0.6) is 0 Å². The fourth-order valence-corrected chi connectivity index (χ4v) is 4.81. The zero-order valence-electron chi connectivity index (χ0n) is 16.2. The number of likely N-dealkylation sites (tertiary alicyclic amines) is 2. The third kappa shape index (κ3) is 7.11. The van der Waals surface area contributed by atoms with E-state index in [1.165, 1.54) is 45.2 Å². The van der Waals surface area contributed by atoms with Gasteiger partial charge < -0.3 is 15.1 Å². The molecule has 0 saturated carbocycles. The van der Waals surface area contributed by atoms with Crippen molar-refractivity contribution in [1.29, 1.82) is 0 Å². The van der Waals surface area contributed by atoms with E-state index in [-0.39, 0.29) is 0 Å². The topological polar surface area (TPSA) is 77.0 Å². The van der Waals surface area contributed by atoms with Crippen LogP contribution < -0.4 is 10.0 Å². The lowest BCUT2D eigenvalue weighted by Gasteiger charge is -2.26. The van der Waals surface area contributed by atoms with E-state index in [2.05, 4.69) is 26.8 Å². The number of hydrogen-bond acceptors (Lipinski definition) is 4. The molecule has 0 aromatic heterocycles. The zero-order valence-corrected chi connectivity index (χ0v) is 17.0. The zero-order chi connectivity index (χ0) is 18.5. The number of guanidine groups is 1. The molecule has 0 aromatic carbocycles. The molecule has 2 aliphatic heterocycles. The Morgan fingerprint density at radius 1 is 1.24 bits per heavy atom. The van der Waals surface area contributed by atoms with Crippen molar-refractivity contribution in [3.8, 4) is 0 Å². The van der Waals surface area contributed by atoms with Gasteiger partial charge in [-0.25, -0.2) is 13.1 Å². The molecule has 0 aromatic rings. The highest BCUT2D eigenvalue weighted by molar-refractivity contribution is 7.88. The van der Waals surface area contributed by atoms with Crippen LogP contribution in [0.4, 0.5) is 0 Å². The molecule has 2 rings (SSSR count). The minimum atomic E-state index is -3.24. The Morgan fingerprint density at radius 3 is 2.52 bits per heavy atom. The Kier molecular flexibility index (Phi) is 7.10. The van der Waals surface area contributed by atoms with Crippen LogP contribution >= 0.6 is 0 Å². The molecule has 0 aliphatic carbocycles. The number of nitrogens with zero attached hydrogens (tertiary/aromatic N) is 3. The molecule has 2 N–H and O–H groups in total. The van der Waals surface area contributed by atoms with Crippen LogP contribution in [0.3, 0.4) is 0 Å². The minimum absolute atomic E-state index is 0.412. The predicted molar refractivity (Wildman–Crippen MR) is 103 cm³/mol. The van der Waals surface area contributed by atoms with E-state index in [0.717, 1.165) is 25.6 Å². The van der Waals surface area contributed by atoms with Crippen molar-refractivity contribution < 1.29 is 8.42 Å². The van der Waals surface area contributed by atoms with Gasteiger partial charge in [0, 0.05) is 31.7 Å². The second-order valence-electron chi connectivity index (χ2n) is 8.04. The van der Waals surface area contributed by atoms with Crippen LogP contribution in [0.2, 0.25) is 0 Å². The van der Waals surface area contributed by atoms with Crippen molar-refractivity contribution in [2.45, 2.75) is 45.6 Å². The third-order valence-electron chi connectivity index (χ3n) is 4.72. The summed E-state index contributed by atoms with van der Waals surface area (Å²) in [7, 11) is -3.24. The minimum Gasteiger partial charge on any atom is -0.357 e. The Morgan fingerprint density at radius 2 is 1.92 bits per heavy atom. The maximum absolute atomic E-state index is 11.5. The summed E-state index contributed by atoms with van der Waals surface area (Å²) in [5.74, 6) is 1.60. The van der Waals surface area contributed by atoms with Crippen LogP contribution in [-0.2, 0) is 10.0 Å². The SMILES string of the molecule is CCNC(=NCC(C)(C)NS(C)(=O)=O)N1CCC(CN2CCCC2)C1. The fraction of sp³-hybridized carbons (Fsp3) is 0.941. The first-order valence-corrected chi connectivity index (χ1v) is 11.3. The van der Waals surface area contributed by atoms with Gasteiger partial charge in [0.1, 0.15) is 0 Å². The van der Waals surface area contributed by atoms with Gasteiger partial charge in [-0.15, -0.1) is 0 Å². The lowest BCUT2D eigenvalue weighted by atomic mass is 10.1. The van der Waals surface area contributed by atoms with E-state index in [4.69, 9.17) is 4.99 Å². The van der Waals surface area contributed by atoms with Crippen molar-refractivity contribution in [3.05, 3.63) is 0 Å². The average molecular weight is 374 g/mol. The second kappa shape index (κ2) is 8.68. The first kappa shape index (κ1) is 20.5. The highest BCUT2D eigenvalue weighted by Crippen LogP contribution is 2.20. The number of hydrogen-bond donors (Lipinski definition) is 2. The normalized spacial score (nSPS) is 23.4. The average Bonchev–Trinajstić information content (AvgIpc) is 3.13. The maximum Gasteiger partial charge on any atom is 0.209 e. The summed E-state index contributed by atoms with van der Waals surface area (Å²) < 4.78 is 25.6. The molecule has 0 amide bonds. The first-order valence-electron chi connectivity index (χ1n) is 9.43. The van der Waals surface area contributed by atoms with Crippen molar-refractivity contribution >= 4 is 16.0 Å². The molecule has 2 saturated heterocycles. The van der Waals surface area contributed by atoms with E-state index in [1.54, 1.807) is 0 Å². The van der Waals surface area contributed by atoms with Crippen molar-refractivity contribution in [1.82, 2.24) is 19.8 Å². The third-order valence-corrected chi connectivity index (χ3v) is 5.64. The molecule has 2 heterocycles. The molecular weight excluding hydrogens is 338 g/mol. The largest absolute Gasteiger partial charge is 0.357 e. The lowest BCUT2D eigenvalue weighted by Crippen LogP contribution is -2.47. The summed E-state index contributed by atoms with van der Waals surface area (Å²) in [5, 5.41) is 3.36. The standard InChI is InChI=1S/C17H35N5O2S/c1-5-18-16(19-14-17(2,3)20-25(4,23)24)22-11-8-15(13-22)12-21-9-6-7-10-21/h15,20H,5-14H2,1-4H3,(H,18,19). The van der Waals surface area contributed by atoms with E-state index in [0.29, 0.717) is 12.5 Å². The van der Waals surface area contributed by atoms with Gasteiger partial charge in [0.05, 0.1) is 12.8 Å².